The highest BCUT2D eigenvalue weighted by atomic mass is 32.2. The molecule has 0 atom stereocenters. The molecule has 1 saturated carbocycles. The van der Waals surface area contributed by atoms with E-state index in [-0.39, 0.29) is 46.8 Å². The van der Waals surface area contributed by atoms with Crippen LogP contribution < -0.4 is 15.4 Å². The van der Waals surface area contributed by atoms with Crippen molar-refractivity contribution in [2.24, 2.45) is 0 Å². The minimum absolute atomic E-state index is 0.0964. The lowest BCUT2D eigenvalue weighted by Crippen LogP contribution is -2.48. The number of piperidine rings is 1. The molecule has 3 aromatic heterocycles. The Morgan fingerprint density at radius 3 is 2.72 bits per heavy atom. The first-order chi connectivity index (χ1) is 22.6. The maximum atomic E-state index is 13.5. The summed E-state index contributed by atoms with van der Waals surface area (Å²) in [6.45, 7) is 9.57. The molecule has 1 aliphatic heterocycles. The van der Waals surface area contributed by atoms with Crippen molar-refractivity contribution < 1.29 is 23.1 Å². The number of halogens is 2. The Balaban J connectivity index is 1.26. The van der Waals surface area contributed by atoms with Gasteiger partial charge in [0.2, 0.25) is 11.4 Å². The van der Waals surface area contributed by atoms with Crippen LogP contribution in [-0.2, 0) is 11.3 Å². The molecule has 1 aromatic carbocycles. The first kappa shape index (κ1) is 32.4. The van der Waals surface area contributed by atoms with Crippen molar-refractivity contribution in [3.05, 3.63) is 66.0 Å². The molecule has 0 radical (unpaired) electrons. The number of anilines is 1. The van der Waals surface area contributed by atoms with Gasteiger partial charge in [-0.25, -0.2) is 16.1 Å². The Bertz CT molecular complexity index is 1810. The SMILES string of the molecule is [C-]#[N+]C(C)(C)CNC1CCN(C(=O)Cn2cc(NC(=O)c3cnn4cccnc34)c(-c3cc(SC4CC4)ccc3OC(F)F)n2)CC1. The van der Waals surface area contributed by atoms with E-state index in [4.69, 9.17) is 11.3 Å². The van der Waals surface area contributed by atoms with E-state index in [0.29, 0.717) is 30.5 Å². The van der Waals surface area contributed by atoms with Gasteiger partial charge in [0.1, 0.15) is 23.6 Å². The second kappa shape index (κ2) is 13.7. The molecule has 1 saturated heterocycles. The van der Waals surface area contributed by atoms with E-state index in [0.717, 1.165) is 30.6 Å². The standard InChI is InChI=1S/C32H35F2N9O3S/c1-32(2,35-3)19-37-20-9-13-41(14-10-20)27(44)18-42-17-25(39-30(45)24-16-38-43-12-4-11-36-29(24)43)28(40-42)23-15-22(47-21-5-6-21)7-8-26(23)46-31(33)34/h4,7-8,11-12,15-17,20-21,31,37H,5-6,9-10,13-14,18-19H2,1-2H3,(H,39,45). The number of ether oxygens (including phenoxy) is 1. The summed E-state index contributed by atoms with van der Waals surface area (Å²) in [5.74, 6) is -0.784. The fourth-order valence-corrected chi connectivity index (χ4v) is 6.41. The van der Waals surface area contributed by atoms with Crippen molar-refractivity contribution in [2.75, 3.05) is 25.0 Å². The van der Waals surface area contributed by atoms with Crippen LogP contribution in [0, 0.1) is 6.57 Å². The van der Waals surface area contributed by atoms with Crippen molar-refractivity contribution in [2.45, 2.75) is 74.4 Å². The second-order valence-corrected chi connectivity index (χ2v) is 13.7. The average Bonchev–Trinajstić information content (AvgIpc) is 3.62. The zero-order valence-electron chi connectivity index (χ0n) is 26.0. The number of amides is 2. The summed E-state index contributed by atoms with van der Waals surface area (Å²) in [7, 11) is 0. The first-order valence-electron chi connectivity index (χ1n) is 15.4. The third-order valence-corrected chi connectivity index (χ3v) is 9.38. The van der Waals surface area contributed by atoms with Gasteiger partial charge in [-0.05, 0) is 49.9 Å². The maximum Gasteiger partial charge on any atom is 0.387 e. The van der Waals surface area contributed by atoms with Crippen LogP contribution in [0.4, 0.5) is 14.5 Å². The van der Waals surface area contributed by atoms with Gasteiger partial charge in [0.05, 0.1) is 18.4 Å². The number of nitrogens with one attached hydrogen (secondary N) is 2. The molecule has 2 fully saturated rings. The van der Waals surface area contributed by atoms with Gasteiger partial charge in [-0.3, -0.25) is 14.3 Å². The summed E-state index contributed by atoms with van der Waals surface area (Å²) in [5, 5.41) is 15.6. The smallest absolute Gasteiger partial charge is 0.387 e. The van der Waals surface area contributed by atoms with Crippen LogP contribution in [0.1, 0.15) is 49.9 Å². The summed E-state index contributed by atoms with van der Waals surface area (Å²) in [6, 6.07) is 6.84. The van der Waals surface area contributed by atoms with Gasteiger partial charge in [-0.1, -0.05) is 0 Å². The zero-order chi connectivity index (χ0) is 33.1. The van der Waals surface area contributed by atoms with Crippen molar-refractivity contribution in [1.82, 2.24) is 34.6 Å². The van der Waals surface area contributed by atoms with Gasteiger partial charge in [-0.15, -0.1) is 11.8 Å². The van der Waals surface area contributed by atoms with Crippen LogP contribution in [0.15, 0.2) is 53.9 Å². The molecular formula is C32H35F2N9O3S. The number of nitrogens with zero attached hydrogens (tertiary/aromatic N) is 7. The number of carbonyl (C=O) groups is 2. The fraction of sp³-hybridized carbons (Fsp3) is 0.438. The Morgan fingerprint density at radius 1 is 1.21 bits per heavy atom. The highest BCUT2D eigenvalue weighted by Crippen LogP contribution is 2.43. The molecule has 4 heterocycles. The maximum absolute atomic E-state index is 13.5. The van der Waals surface area contributed by atoms with Crippen LogP contribution in [-0.4, -0.2) is 84.2 Å². The Kier molecular flexibility index (Phi) is 9.42. The molecule has 6 rings (SSSR count). The zero-order valence-corrected chi connectivity index (χ0v) is 26.8. The van der Waals surface area contributed by atoms with Crippen molar-refractivity contribution in [3.8, 4) is 17.0 Å². The number of aromatic nitrogens is 5. The Morgan fingerprint density at radius 2 is 2.00 bits per heavy atom. The van der Waals surface area contributed by atoms with E-state index in [1.54, 1.807) is 47.3 Å². The normalized spacial score (nSPS) is 15.6. The van der Waals surface area contributed by atoms with E-state index in [2.05, 4.69) is 30.7 Å². The number of alkyl halides is 2. The van der Waals surface area contributed by atoms with Crippen LogP contribution in [0.3, 0.4) is 0 Å². The highest BCUT2D eigenvalue weighted by molar-refractivity contribution is 8.00. The van der Waals surface area contributed by atoms with Gasteiger partial charge in [-0.2, -0.15) is 19.0 Å². The number of benzene rings is 1. The molecule has 0 unspecified atom stereocenters. The lowest BCUT2D eigenvalue weighted by molar-refractivity contribution is -0.133. The predicted octanol–water partition coefficient (Wildman–Crippen LogP) is 4.98. The average molecular weight is 664 g/mol. The first-order valence-corrected chi connectivity index (χ1v) is 16.3. The van der Waals surface area contributed by atoms with Crippen LogP contribution >= 0.6 is 11.8 Å². The molecule has 2 aliphatic rings. The van der Waals surface area contributed by atoms with E-state index in [1.165, 1.54) is 27.7 Å². The second-order valence-electron chi connectivity index (χ2n) is 12.3. The van der Waals surface area contributed by atoms with Crippen molar-refractivity contribution in [1.29, 1.82) is 0 Å². The molecule has 12 nitrogen and oxygen atoms in total. The lowest BCUT2D eigenvalue weighted by atomic mass is 10.0. The van der Waals surface area contributed by atoms with Gasteiger partial charge in [0, 0.05) is 67.3 Å². The number of hydrogen-bond donors (Lipinski definition) is 2. The number of hydrogen-bond acceptors (Lipinski definition) is 8. The van der Waals surface area contributed by atoms with E-state index in [9.17, 15) is 18.4 Å². The van der Waals surface area contributed by atoms with Gasteiger partial charge < -0.3 is 25.1 Å². The molecule has 246 valence electrons. The third-order valence-electron chi connectivity index (χ3n) is 8.05. The number of rotatable bonds is 12. The Hall–Kier alpha value is -4.55. The molecule has 0 bridgehead atoms. The number of thioether (sulfide) groups is 1. The molecule has 4 aromatic rings. The number of fused-ring (bicyclic) bond motifs is 1. The van der Waals surface area contributed by atoms with Crippen LogP contribution in [0.2, 0.25) is 0 Å². The fourth-order valence-electron chi connectivity index (χ4n) is 5.32. The summed E-state index contributed by atoms with van der Waals surface area (Å²) in [6.07, 6.45) is 9.78. The lowest BCUT2D eigenvalue weighted by Gasteiger charge is -2.33. The summed E-state index contributed by atoms with van der Waals surface area (Å²) < 4.78 is 34.8. The topological polar surface area (TPSA) is 123 Å². The van der Waals surface area contributed by atoms with E-state index >= 15 is 0 Å². The third kappa shape index (κ3) is 7.88. The van der Waals surface area contributed by atoms with E-state index in [1.807, 2.05) is 13.8 Å². The van der Waals surface area contributed by atoms with Crippen molar-refractivity contribution in [3.63, 3.8) is 0 Å². The number of carbonyl (C=O) groups excluding carboxylic acids is 2. The molecule has 2 N–H and O–H groups in total. The summed E-state index contributed by atoms with van der Waals surface area (Å²) in [4.78, 5) is 37.4. The van der Waals surface area contributed by atoms with Crippen LogP contribution in [0.5, 0.6) is 5.75 Å². The molecule has 0 spiro atoms. The van der Waals surface area contributed by atoms with E-state index < -0.39 is 18.1 Å². The van der Waals surface area contributed by atoms with Gasteiger partial charge in [0.15, 0.2) is 5.65 Å². The highest BCUT2D eigenvalue weighted by Gasteiger charge is 2.29. The summed E-state index contributed by atoms with van der Waals surface area (Å²) >= 11 is 1.64. The minimum atomic E-state index is -3.08. The van der Waals surface area contributed by atoms with Crippen LogP contribution in [0.25, 0.3) is 21.7 Å². The van der Waals surface area contributed by atoms with Gasteiger partial charge in [0.25, 0.3) is 5.91 Å². The summed E-state index contributed by atoms with van der Waals surface area (Å²) in [5.41, 5.74) is 0.735. The van der Waals surface area contributed by atoms with Crippen molar-refractivity contribution >= 4 is 34.9 Å². The minimum Gasteiger partial charge on any atom is -0.434 e. The van der Waals surface area contributed by atoms with Gasteiger partial charge >= 0.3 is 6.61 Å². The molecular weight excluding hydrogens is 628 g/mol. The molecule has 2 amide bonds. The molecule has 47 heavy (non-hydrogen) atoms. The Labute approximate surface area is 274 Å². The number of likely N-dealkylation sites (tertiary alicyclic amines) is 1. The predicted molar refractivity (Wildman–Crippen MR) is 172 cm³/mol. The quantitative estimate of drug-likeness (QED) is 0.204. The molecule has 1 aliphatic carbocycles. The monoisotopic (exact) mass is 663 g/mol. The molecule has 15 heteroatoms. The largest absolute Gasteiger partial charge is 0.434 e.